The number of hydrogen-bond acceptors (Lipinski definition) is 6. The van der Waals surface area contributed by atoms with Gasteiger partial charge in [-0.3, -0.25) is 4.98 Å². The van der Waals surface area contributed by atoms with Crippen LogP contribution >= 0.6 is 0 Å². The highest BCUT2D eigenvalue weighted by Gasteiger charge is 2.23. The molecule has 3 heterocycles. The summed E-state index contributed by atoms with van der Waals surface area (Å²) in [7, 11) is 0. The molecule has 0 saturated heterocycles. The van der Waals surface area contributed by atoms with Gasteiger partial charge in [0.1, 0.15) is 0 Å². The summed E-state index contributed by atoms with van der Waals surface area (Å²) in [5.41, 5.74) is 1.05. The largest absolute Gasteiger partial charge is 0.367 e. The number of nitrogens with one attached hydrogen (secondary N) is 1. The Kier molecular flexibility index (Phi) is 4.45. The van der Waals surface area contributed by atoms with Crippen LogP contribution < -0.4 is 5.63 Å². The standard InChI is InChI=1S/C9H8N2O4.C5H5N/c1-4-6(8(12)14-10-4)3-7-5(2)11-15-9(7)13;1-2-4-6-5-3-1/h3,10H,1-2H3;1-5H/b7-3+;. The molecule has 7 nitrogen and oxygen atoms in total. The van der Waals surface area contributed by atoms with Gasteiger partial charge in [0, 0.05) is 12.4 Å². The van der Waals surface area contributed by atoms with Crippen LogP contribution in [0.5, 0.6) is 0 Å². The fourth-order valence-corrected chi connectivity index (χ4v) is 1.53. The molecule has 2 aromatic heterocycles. The van der Waals surface area contributed by atoms with Gasteiger partial charge in [-0.1, -0.05) is 11.2 Å². The lowest BCUT2D eigenvalue weighted by Gasteiger charge is -1.90. The van der Waals surface area contributed by atoms with Crippen LogP contribution in [0.2, 0.25) is 0 Å². The lowest BCUT2D eigenvalue weighted by molar-refractivity contribution is -0.136. The molecule has 0 amide bonds. The van der Waals surface area contributed by atoms with Crippen LogP contribution in [0.4, 0.5) is 0 Å². The zero-order valence-corrected chi connectivity index (χ0v) is 11.5. The number of nitrogens with zero attached hydrogens (tertiary/aromatic N) is 2. The van der Waals surface area contributed by atoms with Crippen molar-refractivity contribution >= 4 is 17.8 Å². The molecule has 2 aromatic rings. The van der Waals surface area contributed by atoms with E-state index in [1.807, 2.05) is 18.2 Å². The molecule has 0 aromatic carbocycles. The number of aromatic nitrogens is 2. The highest BCUT2D eigenvalue weighted by atomic mass is 16.7. The van der Waals surface area contributed by atoms with Crippen molar-refractivity contribution < 1.29 is 14.2 Å². The van der Waals surface area contributed by atoms with Gasteiger partial charge in [-0.2, -0.15) is 0 Å². The second kappa shape index (κ2) is 6.47. The lowest BCUT2D eigenvalue weighted by Crippen LogP contribution is -2.05. The number of oxime groups is 1. The van der Waals surface area contributed by atoms with Crippen molar-refractivity contribution in [3.8, 4) is 0 Å². The number of rotatable bonds is 1. The first-order valence-electron chi connectivity index (χ1n) is 6.10. The van der Waals surface area contributed by atoms with Crippen molar-refractivity contribution in [2.45, 2.75) is 13.8 Å². The summed E-state index contributed by atoms with van der Waals surface area (Å²) >= 11 is 0. The Balaban J connectivity index is 0.000000225. The van der Waals surface area contributed by atoms with Gasteiger partial charge in [-0.05, 0) is 32.1 Å². The summed E-state index contributed by atoms with van der Waals surface area (Å²) < 4.78 is 4.56. The molecule has 7 heteroatoms. The van der Waals surface area contributed by atoms with Crippen LogP contribution in [0.1, 0.15) is 18.2 Å². The summed E-state index contributed by atoms with van der Waals surface area (Å²) in [6, 6.07) is 5.72. The number of pyridine rings is 1. The van der Waals surface area contributed by atoms with Gasteiger partial charge >= 0.3 is 11.6 Å². The summed E-state index contributed by atoms with van der Waals surface area (Å²) in [6.45, 7) is 3.30. The summed E-state index contributed by atoms with van der Waals surface area (Å²) in [5.74, 6) is -0.563. The molecular weight excluding hydrogens is 274 g/mol. The summed E-state index contributed by atoms with van der Waals surface area (Å²) in [6.07, 6.45) is 4.91. The SMILES string of the molecule is CC1=NOC(=O)/C1=C/c1c(C)[nH]oc1=O.c1ccncc1. The van der Waals surface area contributed by atoms with Gasteiger partial charge in [0.05, 0.1) is 22.5 Å². The third-order valence-electron chi connectivity index (χ3n) is 2.65. The van der Waals surface area contributed by atoms with E-state index in [4.69, 9.17) is 0 Å². The normalized spacial score (nSPS) is 15.2. The van der Waals surface area contributed by atoms with Crippen molar-refractivity contribution in [1.82, 2.24) is 10.1 Å². The first-order chi connectivity index (χ1) is 10.1. The first-order valence-corrected chi connectivity index (χ1v) is 6.10. The number of carbonyl (C=O) groups is 1. The van der Waals surface area contributed by atoms with E-state index in [0.29, 0.717) is 17.0 Å². The molecule has 0 spiro atoms. The number of aromatic amines is 1. The molecule has 0 aliphatic carbocycles. The fourth-order valence-electron chi connectivity index (χ4n) is 1.53. The van der Waals surface area contributed by atoms with E-state index in [2.05, 4.69) is 24.7 Å². The molecule has 0 atom stereocenters. The van der Waals surface area contributed by atoms with E-state index in [0.717, 1.165) is 0 Å². The van der Waals surface area contributed by atoms with Crippen LogP contribution in [0, 0.1) is 6.92 Å². The van der Waals surface area contributed by atoms with Crippen LogP contribution in [-0.2, 0) is 9.63 Å². The molecule has 0 fully saturated rings. The number of H-pyrrole nitrogens is 1. The molecule has 0 saturated carbocycles. The zero-order valence-electron chi connectivity index (χ0n) is 11.5. The van der Waals surface area contributed by atoms with Crippen LogP contribution in [0.25, 0.3) is 6.08 Å². The van der Waals surface area contributed by atoms with Crippen molar-refractivity contribution in [2.75, 3.05) is 0 Å². The summed E-state index contributed by atoms with van der Waals surface area (Å²) in [4.78, 5) is 30.6. The predicted molar refractivity (Wildman–Crippen MR) is 75.5 cm³/mol. The van der Waals surface area contributed by atoms with E-state index < -0.39 is 11.6 Å². The molecule has 1 aliphatic heterocycles. The minimum absolute atomic E-state index is 0.269. The van der Waals surface area contributed by atoms with E-state index in [1.54, 1.807) is 26.2 Å². The Bertz CT molecular complexity index is 714. The van der Waals surface area contributed by atoms with Crippen molar-refractivity contribution in [3.05, 3.63) is 57.8 Å². The van der Waals surface area contributed by atoms with E-state index >= 15 is 0 Å². The second-order valence-corrected chi connectivity index (χ2v) is 4.17. The predicted octanol–water partition coefficient (Wildman–Crippen LogP) is 1.67. The third kappa shape index (κ3) is 3.53. The summed E-state index contributed by atoms with van der Waals surface area (Å²) in [5, 5.41) is 5.91. The van der Waals surface area contributed by atoms with Gasteiger partial charge in [-0.25, -0.2) is 14.7 Å². The Morgan fingerprint density at radius 2 is 1.86 bits per heavy atom. The quantitative estimate of drug-likeness (QED) is 0.635. The highest BCUT2D eigenvalue weighted by molar-refractivity contribution is 6.24. The molecule has 108 valence electrons. The highest BCUT2D eigenvalue weighted by Crippen LogP contribution is 2.14. The Hall–Kier alpha value is -2.96. The molecule has 3 rings (SSSR count). The van der Waals surface area contributed by atoms with Gasteiger partial charge < -0.3 is 9.36 Å². The van der Waals surface area contributed by atoms with Crippen LogP contribution in [-0.4, -0.2) is 21.8 Å². The molecule has 0 unspecified atom stereocenters. The monoisotopic (exact) mass is 287 g/mol. The Morgan fingerprint density at radius 1 is 1.14 bits per heavy atom. The third-order valence-corrected chi connectivity index (χ3v) is 2.65. The minimum atomic E-state index is -0.563. The maximum Gasteiger partial charge on any atom is 0.367 e. The molecule has 21 heavy (non-hydrogen) atoms. The Morgan fingerprint density at radius 3 is 2.24 bits per heavy atom. The topological polar surface area (TPSA) is 97.5 Å². The average Bonchev–Trinajstić information content (AvgIpc) is 2.99. The van der Waals surface area contributed by atoms with Crippen LogP contribution in [0.15, 0.2) is 50.6 Å². The molecule has 1 aliphatic rings. The number of carbonyl (C=O) groups excluding carboxylic acids is 1. The second-order valence-electron chi connectivity index (χ2n) is 4.17. The van der Waals surface area contributed by atoms with Crippen molar-refractivity contribution in [1.29, 1.82) is 0 Å². The Labute approximate surface area is 119 Å². The van der Waals surface area contributed by atoms with Crippen molar-refractivity contribution in [2.24, 2.45) is 5.16 Å². The maximum absolute atomic E-state index is 11.2. The lowest BCUT2D eigenvalue weighted by atomic mass is 10.1. The molecule has 1 N–H and O–H groups in total. The van der Waals surface area contributed by atoms with Crippen LogP contribution in [0.3, 0.4) is 0 Å². The van der Waals surface area contributed by atoms with Gasteiger partial charge in [-0.15, -0.1) is 0 Å². The van der Waals surface area contributed by atoms with E-state index in [-0.39, 0.29) is 5.57 Å². The molecule has 0 radical (unpaired) electrons. The number of aryl methyl sites for hydroxylation is 1. The van der Waals surface area contributed by atoms with E-state index in [9.17, 15) is 9.59 Å². The molecule has 0 bridgehead atoms. The maximum atomic E-state index is 11.2. The fraction of sp³-hybridized carbons (Fsp3) is 0.143. The van der Waals surface area contributed by atoms with Gasteiger partial charge in [0.15, 0.2) is 0 Å². The molecular formula is C14H13N3O4. The van der Waals surface area contributed by atoms with Crippen molar-refractivity contribution in [3.63, 3.8) is 0 Å². The first kappa shape index (κ1) is 14.4. The zero-order chi connectivity index (χ0) is 15.2. The number of hydrogen-bond donors (Lipinski definition) is 1. The van der Waals surface area contributed by atoms with Gasteiger partial charge in [0.25, 0.3) is 0 Å². The minimum Gasteiger partial charge on any atom is -0.338 e. The average molecular weight is 287 g/mol. The smallest absolute Gasteiger partial charge is 0.338 e. The van der Waals surface area contributed by atoms with E-state index in [1.165, 1.54) is 6.08 Å². The van der Waals surface area contributed by atoms with Gasteiger partial charge in [0.2, 0.25) is 0 Å².